The second kappa shape index (κ2) is 5.68. The van der Waals surface area contributed by atoms with E-state index >= 15 is 0 Å². The highest BCUT2D eigenvalue weighted by Crippen LogP contribution is 2.31. The van der Waals surface area contributed by atoms with Crippen molar-refractivity contribution in [2.75, 3.05) is 0 Å². The zero-order valence-electron chi connectivity index (χ0n) is 11.6. The molecule has 1 amide bonds. The third kappa shape index (κ3) is 2.68. The number of carbonyl (C=O) groups excluding carboxylic acids is 1. The summed E-state index contributed by atoms with van der Waals surface area (Å²) in [5, 5.41) is 13.0. The van der Waals surface area contributed by atoms with Gasteiger partial charge in [-0.1, -0.05) is 54.6 Å². The highest BCUT2D eigenvalue weighted by atomic mass is 16.3. The van der Waals surface area contributed by atoms with Gasteiger partial charge in [0.25, 0.3) is 0 Å². The molecule has 4 heteroatoms. The van der Waals surface area contributed by atoms with Gasteiger partial charge in [-0.15, -0.1) is 0 Å². The maximum Gasteiger partial charge on any atom is 0.242 e. The average Bonchev–Trinajstić information content (AvgIpc) is 2.83. The van der Waals surface area contributed by atoms with Crippen molar-refractivity contribution in [3.63, 3.8) is 0 Å². The monoisotopic (exact) mass is 282 g/mol. The van der Waals surface area contributed by atoms with E-state index in [-0.39, 0.29) is 11.9 Å². The Balaban J connectivity index is 1.76. The first kappa shape index (κ1) is 13.8. The second-order valence-electron chi connectivity index (χ2n) is 5.34. The fourth-order valence-corrected chi connectivity index (χ4v) is 2.80. The van der Waals surface area contributed by atoms with E-state index in [0.717, 1.165) is 16.7 Å². The van der Waals surface area contributed by atoms with Gasteiger partial charge in [-0.25, -0.2) is 0 Å². The fraction of sp³-hybridized carbons (Fsp3) is 0.235. The maximum atomic E-state index is 12.3. The summed E-state index contributed by atoms with van der Waals surface area (Å²) in [6.07, 6.45) is -0.0452. The topological polar surface area (TPSA) is 75.4 Å². The van der Waals surface area contributed by atoms with E-state index in [2.05, 4.69) is 5.32 Å². The summed E-state index contributed by atoms with van der Waals surface area (Å²) in [5.74, 6) is -0.276. The molecule has 0 unspecified atom stereocenters. The van der Waals surface area contributed by atoms with Crippen LogP contribution in [-0.4, -0.2) is 17.1 Å². The molecule has 0 saturated carbocycles. The van der Waals surface area contributed by atoms with Gasteiger partial charge in [0.1, 0.15) is 6.04 Å². The maximum absolute atomic E-state index is 12.3. The van der Waals surface area contributed by atoms with Gasteiger partial charge in [-0.3, -0.25) is 4.79 Å². The standard InChI is InChI=1S/C17H18N2O2/c18-15(11-6-2-1-3-7-11)17(21)19-16-13-9-5-4-8-12(13)10-14(16)20/h1-9,14-16,20H,10,18H2,(H,19,21)/t14-,15-,16+/m0/s1. The van der Waals surface area contributed by atoms with E-state index in [1.54, 1.807) is 0 Å². The average molecular weight is 282 g/mol. The molecule has 0 saturated heterocycles. The van der Waals surface area contributed by atoms with Gasteiger partial charge in [0.2, 0.25) is 5.91 Å². The number of benzene rings is 2. The Labute approximate surface area is 123 Å². The smallest absolute Gasteiger partial charge is 0.242 e. The molecule has 0 heterocycles. The highest BCUT2D eigenvalue weighted by molar-refractivity contribution is 5.83. The normalized spacial score (nSPS) is 21.6. The number of rotatable bonds is 3. The van der Waals surface area contributed by atoms with Crippen molar-refractivity contribution in [2.24, 2.45) is 5.73 Å². The van der Waals surface area contributed by atoms with Crippen LogP contribution in [0, 0.1) is 0 Å². The Hall–Kier alpha value is -2.17. The predicted octanol–water partition coefficient (Wildman–Crippen LogP) is 1.46. The van der Waals surface area contributed by atoms with E-state index in [9.17, 15) is 9.90 Å². The predicted molar refractivity (Wildman–Crippen MR) is 80.4 cm³/mol. The van der Waals surface area contributed by atoms with E-state index in [4.69, 9.17) is 5.73 Å². The number of carbonyl (C=O) groups is 1. The summed E-state index contributed by atoms with van der Waals surface area (Å²) >= 11 is 0. The molecule has 3 atom stereocenters. The molecule has 1 aliphatic rings. The van der Waals surface area contributed by atoms with Crippen LogP contribution in [0.2, 0.25) is 0 Å². The third-order valence-corrected chi connectivity index (χ3v) is 3.94. The van der Waals surface area contributed by atoms with Crippen LogP contribution in [0.25, 0.3) is 0 Å². The Morgan fingerprint density at radius 3 is 2.57 bits per heavy atom. The lowest BCUT2D eigenvalue weighted by atomic mass is 10.0. The zero-order chi connectivity index (χ0) is 14.8. The lowest BCUT2D eigenvalue weighted by Crippen LogP contribution is -2.39. The molecule has 4 nitrogen and oxygen atoms in total. The third-order valence-electron chi connectivity index (χ3n) is 3.94. The second-order valence-corrected chi connectivity index (χ2v) is 5.34. The van der Waals surface area contributed by atoms with Crippen molar-refractivity contribution in [2.45, 2.75) is 24.6 Å². The molecule has 21 heavy (non-hydrogen) atoms. The van der Waals surface area contributed by atoms with Gasteiger partial charge in [-0.05, 0) is 16.7 Å². The molecule has 0 aliphatic heterocycles. The van der Waals surface area contributed by atoms with Crippen molar-refractivity contribution in [3.8, 4) is 0 Å². The van der Waals surface area contributed by atoms with Gasteiger partial charge in [0, 0.05) is 6.42 Å². The van der Waals surface area contributed by atoms with Crippen molar-refractivity contribution in [3.05, 3.63) is 71.3 Å². The number of fused-ring (bicyclic) bond motifs is 1. The first-order chi connectivity index (χ1) is 10.2. The summed E-state index contributed by atoms with van der Waals surface area (Å²) in [6, 6.07) is 15.9. The zero-order valence-corrected chi connectivity index (χ0v) is 11.6. The summed E-state index contributed by atoms with van der Waals surface area (Å²) in [4.78, 5) is 12.3. The Morgan fingerprint density at radius 1 is 1.14 bits per heavy atom. The Morgan fingerprint density at radius 2 is 1.81 bits per heavy atom. The van der Waals surface area contributed by atoms with E-state index < -0.39 is 12.1 Å². The number of hydrogen-bond acceptors (Lipinski definition) is 3. The molecule has 0 spiro atoms. The number of nitrogens with two attached hydrogens (primary N) is 1. The van der Waals surface area contributed by atoms with Crippen LogP contribution < -0.4 is 11.1 Å². The van der Waals surface area contributed by atoms with Gasteiger partial charge in [-0.2, -0.15) is 0 Å². The van der Waals surface area contributed by atoms with Crippen molar-refractivity contribution in [1.29, 1.82) is 0 Å². The van der Waals surface area contributed by atoms with Crippen molar-refractivity contribution < 1.29 is 9.90 Å². The first-order valence-corrected chi connectivity index (χ1v) is 7.03. The van der Waals surface area contributed by atoms with Crippen LogP contribution in [0.5, 0.6) is 0 Å². The quantitative estimate of drug-likeness (QED) is 0.798. The summed E-state index contributed by atoms with van der Waals surface area (Å²) < 4.78 is 0. The molecule has 3 rings (SSSR count). The molecular formula is C17H18N2O2. The van der Waals surface area contributed by atoms with E-state index in [1.165, 1.54) is 0 Å². The Bertz CT molecular complexity index is 642. The SMILES string of the molecule is N[C@H](C(=O)N[C@@H]1c2ccccc2C[C@@H]1O)c1ccccc1. The van der Waals surface area contributed by atoms with Gasteiger partial charge in [0.05, 0.1) is 12.1 Å². The number of hydrogen-bond donors (Lipinski definition) is 3. The fourth-order valence-electron chi connectivity index (χ4n) is 2.80. The van der Waals surface area contributed by atoms with Crippen LogP contribution in [0.15, 0.2) is 54.6 Å². The lowest BCUT2D eigenvalue weighted by Gasteiger charge is -2.20. The van der Waals surface area contributed by atoms with Crippen molar-refractivity contribution in [1.82, 2.24) is 5.32 Å². The molecule has 1 aliphatic carbocycles. The molecule has 2 aromatic carbocycles. The van der Waals surface area contributed by atoms with Crippen LogP contribution in [0.1, 0.15) is 28.8 Å². The summed E-state index contributed by atoms with van der Waals surface area (Å²) in [6.45, 7) is 0. The first-order valence-electron chi connectivity index (χ1n) is 7.03. The van der Waals surface area contributed by atoms with Crippen LogP contribution in [-0.2, 0) is 11.2 Å². The molecule has 4 N–H and O–H groups in total. The molecule has 0 radical (unpaired) electrons. The molecular weight excluding hydrogens is 264 g/mol. The minimum atomic E-state index is -0.730. The number of amides is 1. The minimum Gasteiger partial charge on any atom is -0.390 e. The molecule has 0 fully saturated rings. The van der Waals surface area contributed by atoms with Gasteiger partial charge in [0.15, 0.2) is 0 Å². The van der Waals surface area contributed by atoms with Crippen LogP contribution in [0.4, 0.5) is 0 Å². The number of nitrogens with one attached hydrogen (secondary N) is 1. The number of aliphatic hydroxyl groups is 1. The van der Waals surface area contributed by atoms with Gasteiger partial charge < -0.3 is 16.2 Å². The molecule has 108 valence electrons. The highest BCUT2D eigenvalue weighted by Gasteiger charge is 2.33. The van der Waals surface area contributed by atoms with E-state index in [1.807, 2.05) is 54.6 Å². The molecule has 2 aromatic rings. The lowest BCUT2D eigenvalue weighted by molar-refractivity contribution is -0.124. The van der Waals surface area contributed by atoms with E-state index in [0.29, 0.717) is 6.42 Å². The Kier molecular flexibility index (Phi) is 3.73. The van der Waals surface area contributed by atoms with Crippen LogP contribution in [0.3, 0.4) is 0 Å². The summed E-state index contributed by atoms with van der Waals surface area (Å²) in [5.41, 5.74) is 8.79. The van der Waals surface area contributed by atoms with Crippen molar-refractivity contribution >= 4 is 5.91 Å². The van der Waals surface area contributed by atoms with Crippen LogP contribution >= 0.6 is 0 Å². The van der Waals surface area contributed by atoms with Gasteiger partial charge >= 0.3 is 0 Å². The number of aliphatic hydroxyl groups excluding tert-OH is 1. The minimum absolute atomic E-state index is 0.276. The molecule has 0 aromatic heterocycles. The molecule has 0 bridgehead atoms. The summed E-state index contributed by atoms with van der Waals surface area (Å²) in [7, 11) is 0. The largest absolute Gasteiger partial charge is 0.390 e.